The lowest BCUT2D eigenvalue weighted by Gasteiger charge is -2.10. The van der Waals surface area contributed by atoms with E-state index in [4.69, 9.17) is 28.3 Å². The molecule has 2 aromatic carbocycles. The van der Waals surface area contributed by atoms with Crippen LogP contribution in [-0.2, 0) is 6.61 Å². The molecule has 7 heteroatoms. The van der Waals surface area contributed by atoms with E-state index in [1.165, 1.54) is 19.1 Å². The first kappa shape index (κ1) is 27.8. The molecule has 0 aliphatic heterocycles. The average Bonchev–Trinajstić information content (AvgIpc) is 2.63. The van der Waals surface area contributed by atoms with Gasteiger partial charge in [0.15, 0.2) is 0 Å². The first-order valence-corrected chi connectivity index (χ1v) is 9.25. The Morgan fingerprint density at radius 3 is 1.70 bits per heavy atom. The van der Waals surface area contributed by atoms with Gasteiger partial charge in [0, 0.05) is 10.0 Å². The van der Waals surface area contributed by atoms with Gasteiger partial charge < -0.3 is 9.84 Å². The van der Waals surface area contributed by atoms with Crippen molar-refractivity contribution in [1.82, 2.24) is 0 Å². The summed E-state index contributed by atoms with van der Waals surface area (Å²) in [5, 5.41) is 9.67. The zero-order valence-electron chi connectivity index (χ0n) is 16.4. The second-order valence-corrected chi connectivity index (χ2v) is 5.56. The molecule has 0 heterocycles. The fourth-order valence-corrected chi connectivity index (χ4v) is 1.98. The van der Waals surface area contributed by atoms with Gasteiger partial charge in [-0.15, -0.1) is 13.2 Å². The van der Waals surface area contributed by atoms with E-state index in [-0.39, 0.29) is 17.4 Å². The molecule has 0 aliphatic rings. The van der Waals surface area contributed by atoms with Gasteiger partial charge >= 0.3 is 6.36 Å². The van der Waals surface area contributed by atoms with Gasteiger partial charge in [0.2, 0.25) is 0 Å². The quantitative estimate of drug-likeness (QED) is 0.531. The summed E-state index contributed by atoms with van der Waals surface area (Å²) in [5.41, 5.74) is 2.36. The minimum atomic E-state index is -4.67. The maximum atomic E-state index is 11.8. The fourth-order valence-electron chi connectivity index (χ4n) is 1.62. The van der Waals surface area contributed by atoms with Crippen LogP contribution in [0.15, 0.2) is 36.4 Å². The third-order valence-corrected chi connectivity index (χ3v) is 3.33. The van der Waals surface area contributed by atoms with Crippen molar-refractivity contribution >= 4 is 23.2 Å². The Morgan fingerprint density at radius 1 is 0.852 bits per heavy atom. The number of aryl methyl sites for hydroxylation is 2. The van der Waals surface area contributed by atoms with Crippen LogP contribution in [0.1, 0.15) is 44.4 Å². The number of aliphatic hydroxyl groups is 1. The van der Waals surface area contributed by atoms with Crippen LogP contribution < -0.4 is 4.74 Å². The van der Waals surface area contributed by atoms with Crippen molar-refractivity contribution in [3.63, 3.8) is 0 Å². The normalized spacial score (nSPS) is 9.63. The van der Waals surface area contributed by atoms with Crippen LogP contribution in [0, 0.1) is 13.8 Å². The van der Waals surface area contributed by atoms with Crippen molar-refractivity contribution in [3.05, 3.63) is 63.1 Å². The molecule has 0 spiro atoms. The molecule has 2 rings (SSSR count). The Kier molecular flexibility index (Phi) is 15.0. The summed E-state index contributed by atoms with van der Waals surface area (Å²) < 4.78 is 39.1. The van der Waals surface area contributed by atoms with Crippen molar-refractivity contribution in [2.45, 2.75) is 54.5 Å². The molecule has 1 N–H and O–H groups in total. The summed E-state index contributed by atoms with van der Waals surface area (Å²) >= 11 is 11.2. The number of benzene rings is 2. The van der Waals surface area contributed by atoms with Crippen LogP contribution in [0.25, 0.3) is 0 Å². The number of hydrogen-bond donors (Lipinski definition) is 1. The predicted octanol–water partition coefficient (Wildman–Crippen LogP) is 7.74. The highest BCUT2D eigenvalue weighted by molar-refractivity contribution is 6.31. The summed E-state index contributed by atoms with van der Waals surface area (Å²) in [5.74, 6) is -0.264. The van der Waals surface area contributed by atoms with Crippen LogP contribution in [0.4, 0.5) is 13.2 Å². The molecule has 154 valence electrons. The second kappa shape index (κ2) is 14.6. The van der Waals surface area contributed by atoms with Gasteiger partial charge in [-0.2, -0.15) is 0 Å². The molecular weight excluding hydrogens is 400 g/mol. The van der Waals surface area contributed by atoms with E-state index in [0.29, 0.717) is 10.6 Å². The van der Waals surface area contributed by atoms with E-state index in [0.717, 1.165) is 17.2 Å². The SMILES string of the molecule is CC.CC.Cc1ccc(Cl)cc1CO.Cc1ccc(Cl)cc1OC(F)(F)F. The highest BCUT2D eigenvalue weighted by Gasteiger charge is 2.31. The molecule has 0 aromatic heterocycles. The molecule has 0 bridgehead atoms. The molecule has 0 atom stereocenters. The van der Waals surface area contributed by atoms with Crippen LogP contribution >= 0.6 is 23.2 Å². The molecule has 27 heavy (non-hydrogen) atoms. The standard InChI is InChI=1S/C8H6ClF3O.C8H9ClO.2C2H6/c1-5-2-3-6(9)4-7(5)13-8(10,11)12;1-6-2-3-8(9)4-7(6)5-10;2*1-2/h2-4H,1H3;2-4,10H,5H2,1H3;2*1-2H3. The number of aliphatic hydroxyl groups excluding tert-OH is 1. The number of halogens is 5. The van der Waals surface area contributed by atoms with E-state index in [1.54, 1.807) is 6.07 Å². The number of alkyl halides is 3. The van der Waals surface area contributed by atoms with E-state index < -0.39 is 6.36 Å². The molecule has 2 nitrogen and oxygen atoms in total. The van der Waals surface area contributed by atoms with Crippen molar-refractivity contribution in [2.75, 3.05) is 0 Å². The minimum absolute atomic E-state index is 0.0619. The first-order chi connectivity index (χ1) is 12.6. The zero-order valence-corrected chi connectivity index (χ0v) is 17.9. The van der Waals surface area contributed by atoms with Crippen LogP contribution in [0.3, 0.4) is 0 Å². The summed E-state index contributed by atoms with van der Waals surface area (Å²) in [7, 11) is 0. The van der Waals surface area contributed by atoms with E-state index in [2.05, 4.69) is 4.74 Å². The monoisotopic (exact) mass is 426 g/mol. The van der Waals surface area contributed by atoms with E-state index in [9.17, 15) is 13.2 Å². The van der Waals surface area contributed by atoms with Gasteiger partial charge in [-0.25, -0.2) is 0 Å². The molecule has 0 saturated carbocycles. The largest absolute Gasteiger partial charge is 0.573 e. The highest BCUT2D eigenvalue weighted by Crippen LogP contribution is 2.28. The molecule has 0 fully saturated rings. The lowest BCUT2D eigenvalue weighted by molar-refractivity contribution is -0.274. The van der Waals surface area contributed by atoms with E-state index >= 15 is 0 Å². The van der Waals surface area contributed by atoms with Gasteiger partial charge in [0.05, 0.1) is 6.61 Å². The van der Waals surface area contributed by atoms with Crippen LogP contribution in [-0.4, -0.2) is 11.5 Å². The lowest BCUT2D eigenvalue weighted by atomic mass is 10.1. The Morgan fingerprint density at radius 2 is 1.30 bits per heavy atom. The Hall–Kier alpha value is -1.43. The van der Waals surface area contributed by atoms with Gasteiger partial charge in [-0.1, -0.05) is 63.0 Å². The molecular formula is C20H27Cl2F3O2. The summed E-state index contributed by atoms with van der Waals surface area (Å²) in [6.45, 7) is 11.5. The van der Waals surface area contributed by atoms with Crippen LogP contribution in [0.5, 0.6) is 5.75 Å². The third-order valence-electron chi connectivity index (χ3n) is 2.86. The molecule has 0 amide bonds. The highest BCUT2D eigenvalue weighted by atomic mass is 35.5. The summed E-state index contributed by atoms with van der Waals surface area (Å²) in [6.07, 6.45) is -4.67. The van der Waals surface area contributed by atoms with Gasteiger partial charge in [-0.05, 0) is 54.8 Å². The zero-order chi connectivity index (χ0) is 21.6. The average molecular weight is 427 g/mol. The lowest BCUT2D eigenvalue weighted by Crippen LogP contribution is -2.17. The Bertz CT molecular complexity index is 660. The summed E-state index contributed by atoms with van der Waals surface area (Å²) in [6, 6.07) is 9.58. The van der Waals surface area contributed by atoms with Gasteiger partial charge in [-0.3, -0.25) is 0 Å². The van der Waals surface area contributed by atoms with Crippen molar-refractivity contribution in [2.24, 2.45) is 0 Å². The third kappa shape index (κ3) is 12.6. The Labute approximate surface area is 169 Å². The first-order valence-electron chi connectivity index (χ1n) is 8.50. The second-order valence-electron chi connectivity index (χ2n) is 4.69. The van der Waals surface area contributed by atoms with Crippen molar-refractivity contribution < 1.29 is 23.0 Å². The predicted molar refractivity (Wildman–Crippen MR) is 108 cm³/mol. The summed E-state index contributed by atoms with van der Waals surface area (Å²) in [4.78, 5) is 0. The van der Waals surface area contributed by atoms with Crippen LogP contribution in [0.2, 0.25) is 10.0 Å². The van der Waals surface area contributed by atoms with E-state index in [1.807, 2.05) is 46.8 Å². The van der Waals surface area contributed by atoms with Crippen molar-refractivity contribution in [3.8, 4) is 5.75 Å². The smallest absolute Gasteiger partial charge is 0.405 e. The number of hydrogen-bond acceptors (Lipinski definition) is 2. The molecule has 0 radical (unpaired) electrons. The maximum Gasteiger partial charge on any atom is 0.573 e. The van der Waals surface area contributed by atoms with Gasteiger partial charge in [0.1, 0.15) is 5.75 Å². The van der Waals surface area contributed by atoms with Crippen molar-refractivity contribution in [1.29, 1.82) is 0 Å². The number of rotatable bonds is 2. The minimum Gasteiger partial charge on any atom is -0.405 e. The molecule has 2 aromatic rings. The molecule has 0 aliphatic carbocycles. The van der Waals surface area contributed by atoms with Gasteiger partial charge in [0.25, 0.3) is 0 Å². The molecule has 0 saturated heterocycles. The number of ether oxygens (including phenoxy) is 1. The fraction of sp³-hybridized carbons (Fsp3) is 0.400. The Balaban J connectivity index is 0. The maximum absolute atomic E-state index is 11.8. The topological polar surface area (TPSA) is 29.5 Å². The molecule has 0 unspecified atom stereocenters.